The third-order valence-corrected chi connectivity index (χ3v) is 2.67. The second kappa shape index (κ2) is 4.07. The van der Waals surface area contributed by atoms with Gasteiger partial charge in [0.25, 0.3) is 0 Å². The Labute approximate surface area is 69.2 Å². The summed E-state index contributed by atoms with van der Waals surface area (Å²) in [5.74, 6) is 0.517. The van der Waals surface area contributed by atoms with Crippen LogP contribution in [0.3, 0.4) is 0 Å². The Bertz CT molecular complexity index is 114. The smallest absolute Gasteiger partial charge is 0.0552 e. The summed E-state index contributed by atoms with van der Waals surface area (Å²) in [4.78, 5) is 2.42. The third kappa shape index (κ3) is 2.46. The van der Waals surface area contributed by atoms with Crippen molar-refractivity contribution in [3.63, 3.8) is 0 Å². The molecule has 0 aromatic rings. The Morgan fingerprint density at radius 1 is 1.64 bits per heavy atom. The van der Waals surface area contributed by atoms with E-state index in [1.54, 1.807) is 0 Å². The molecule has 1 heterocycles. The minimum Gasteiger partial charge on any atom is -0.393 e. The molecule has 0 amide bonds. The van der Waals surface area contributed by atoms with Crippen LogP contribution in [0.5, 0.6) is 0 Å². The summed E-state index contributed by atoms with van der Waals surface area (Å²) < 4.78 is 0. The fraction of sp³-hybridized carbons (Fsp3) is 1.00. The minimum atomic E-state index is -0.121. The van der Waals surface area contributed by atoms with Crippen molar-refractivity contribution in [3.05, 3.63) is 0 Å². The number of hydrogen-bond donors (Lipinski definition) is 1. The molecule has 0 aromatic carbocycles. The van der Waals surface area contributed by atoms with E-state index in [9.17, 15) is 5.11 Å². The topological polar surface area (TPSA) is 23.5 Å². The van der Waals surface area contributed by atoms with Gasteiger partial charge in [0.1, 0.15) is 0 Å². The molecular formula is C9H19NO. The average molecular weight is 157 g/mol. The zero-order chi connectivity index (χ0) is 8.27. The first-order valence-corrected chi connectivity index (χ1v) is 4.64. The van der Waals surface area contributed by atoms with Gasteiger partial charge in [-0.2, -0.15) is 0 Å². The summed E-state index contributed by atoms with van der Waals surface area (Å²) in [6, 6.07) is 0. The quantitative estimate of drug-likeness (QED) is 0.649. The van der Waals surface area contributed by atoms with Gasteiger partial charge in [-0.25, -0.2) is 0 Å². The van der Waals surface area contributed by atoms with Gasteiger partial charge in [-0.05, 0) is 38.8 Å². The Balaban J connectivity index is 2.33. The first-order valence-electron chi connectivity index (χ1n) is 4.64. The molecule has 1 aliphatic heterocycles. The highest BCUT2D eigenvalue weighted by molar-refractivity contribution is 4.75. The Morgan fingerprint density at radius 3 is 2.91 bits per heavy atom. The molecule has 1 rings (SSSR count). The van der Waals surface area contributed by atoms with Gasteiger partial charge in [0, 0.05) is 6.54 Å². The van der Waals surface area contributed by atoms with E-state index in [1.807, 2.05) is 6.92 Å². The fourth-order valence-corrected chi connectivity index (χ4v) is 1.77. The molecule has 0 bridgehead atoms. The monoisotopic (exact) mass is 157 g/mol. The number of piperidine rings is 1. The summed E-state index contributed by atoms with van der Waals surface area (Å²) in [7, 11) is 0. The highest BCUT2D eigenvalue weighted by atomic mass is 16.3. The molecule has 1 aliphatic rings. The van der Waals surface area contributed by atoms with Crippen molar-refractivity contribution < 1.29 is 5.11 Å². The molecule has 2 atom stereocenters. The van der Waals surface area contributed by atoms with Crippen LogP contribution in [-0.4, -0.2) is 35.7 Å². The van der Waals surface area contributed by atoms with Crippen LogP contribution in [-0.2, 0) is 0 Å². The summed E-state index contributed by atoms with van der Waals surface area (Å²) >= 11 is 0. The second-order valence-electron chi connectivity index (χ2n) is 3.54. The van der Waals surface area contributed by atoms with Gasteiger partial charge >= 0.3 is 0 Å². The fourth-order valence-electron chi connectivity index (χ4n) is 1.77. The maximum absolute atomic E-state index is 9.36. The maximum Gasteiger partial charge on any atom is 0.0552 e. The number of likely N-dealkylation sites (tertiary alicyclic amines) is 1. The molecule has 0 saturated carbocycles. The maximum atomic E-state index is 9.36. The van der Waals surface area contributed by atoms with Crippen molar-refractivity contribution in [1.29, 1.82) is 0 Å². The molecule has 0 aromatic heterocycles. The molecule has 11 heavy (non-hydrogen) atoms. The van der Waals surface area contributed by atoms with Crippen molar-refractivity contribution in [2.45, 2.75) is 32.8 Å². The van der Waals surface area contributed by atoms with Crippen molar-refractivity contribution in [1.82, 2.24) is 4.90 Å². The average Bonchev–Trinajstić information content (AvgIpc) is 2.05. The third-order valence-electron chi connectivity index (χ3n) is 2.67. The van der Waals surface area contributed by atoms with E-state index < -0.39 is 0 Å². The van der Waals surface area contributed by atoms with Gasteiger partial charge in [-0.15, -0.1) is 0 Å². The van der Waals surface area contributed by atoms with E-state index in [4.69, 9.17) is 0 Å². The standard InChI is InChI=1S/C9H19NO/c1-3-10-6-4-5-9(7-10)8(2)11/h8-9,11H,3-7H2,1-2H3/t8-,9-/m0/s1. The number of rotatable bonds is 2. The molecule has 0 radical (unpaired) electrons. The first-order chi connectivity index (χ1) is 5.24. The first kappa shape index (κ1) is 9.01. The molecule has 2 heteroatoms. The predicted molar refractivity (Wildman–Crippen MR) is 46.5 cm³/mol. The highest BCUT2D eigenvalue weighted by Crippen LogP contribution is 2.18. The normalized spacial score (nSPS) is 30.3. The largest absolute Gasteiger partial charge is 0.393 e. The van der Waals surface area contributed by atoms with Gasteiger partial charge in [-0.3, -0.25) is 0 Å². The molecule has 0 spiro atoms. The van der Waals surface area contributed by atoms with Crippen LogP contribution in [0.2, 0.25) is 0 Å². The summed E-state index contributed by atoms with van der Waals surface area (Å²) in [5, 5.41) is 9.36. The molecule has 1 fully saturated rings. The van der Waals surface area contributed by atoms with Crippen LogP contribution in [0.1, 0.15) is 26.7 Å². The number of hydrogen-bond acceptors (Lipinski definition) is 2. The van der Waals surface area contributed by atoms with E-state index in [2.05, 4.69) is 11.8 Å². The van der Waals surface area contributed by atoms with Crippen molar-refractivity contribution in [2.75, 3.05) is 19.6 Å². The van der Waals surface area contributed by atoms with Crippen LogP contribution < -0.4 is 0 Å². The summed E-state index contributed by atoms with van der Waals surface area (Å²) in [6.07, 6.45) is 2.33. The van der Waals surface area contributed by atoms with Gasteiger partial charge in [0.15, 0.2) is 0 Å². The molecule has 2 nitrogen and oxygen atoms in total. The number of aliphatic hydroxyl groups is 1. The SMILES string of the molecule is CCN1CCC[C@H]([C@H](C)O)C1. The summed E-state index contributed by atoms with van der Waals surface area (Å²) in [6.45, 7) is 7.53. The summed E-state index contributed by atoms with van der Waals surface area (Å²) in [5.41, 5.74) is 0. The highest BCUT2D eigenvalue weighted by Gasteiger charge is 2.21. The van der Waals surface area contributed by atoms with E-state index >= 15 is 0 Å². The molecule has 0 unspecified atom stereocenters. The van der Waals surface area contributed by atoms with Crippen molar-refractivity contribution in [2.24, 2.45) is 5.92 Å². The van der Waals surface area contributed by atoms with Gasteiger partial charge in [0.05, 0.1) is 6.10 Å². The van der Waals surface area contributed by atoms with Gasteiger partial charge < -0.3 is 10.0 Å². The van der Waals surface area contributed by atoms with E-state index in [-0.39, 0.29) is 6.10 Å². The zero-order valence-electron chi connectivity index (χ0n) is 7.58. The molecular weight excluding hydrogens is 138 g/mol. The molecule has 66 valence electrons. The second-order valence-corrected chi connectivity index (χ2v) is 3.54. The minimum absolute atomic E-state index is 0.121. The van der Waals surface area contributed by atoms with Crippen molar-refractivity contribution >= 4 is 0 Å². The van der Waals surface area contributed by atoms with E-state index in [0.717, 1.165) is 13.1 Å². The van der Waals surface area contributed by atoms with Crippen molar-refractivity contribution in [3.8, 4) is 0 Å². The van der Waals surface area contributed by atoms with Crippen LogP contribution in [0, 0.1) is 5.92 Å². The lowest BCUT2D eigenvalue weighted by atomic mass is 9.93. The number of aliphatic hydroxyl groups excluding tert-OH is 1. The molecule has 1 saturated heterocycles. The van der Waals surface area contributed by atoms with E-state index in [0.29, 0.717) is 5.92 Å². The number of nitrogens with zero attached hydrogens (tertiary/aromatic N) is 1. The predicted octanol–water partition coefficient (Wildman–Crippen LogP) is 1.10. The van der Waals surface area contributed by atoms with Gasteiger partial charge in [-0.1, -0.05) is 6.92 Å². The lowest BCUT2D eigenvalue weighted by molar-refractivity contribution is 0.0651. The molecule has 0 aliphatic carbocycles. The van der Waals surface area contributed by atoms with Crippen LogP contribution in [0.15, 0.2) is 0 Å². The lowest BCUT2D eigenvalue weighted by Crippen LogP contribution is -2.39. The zero-order valence-corrected chi connectivity index (χ0v) is 7.58. The van der Waals surface area contributed by atoms with Crippen LogP contribution in [0.4, 0.5) is 0 Å². The molecule has 1 N–H and O–H groups in total. The van der Waals surface area contributed by atoms with Crippen LogP contribution >= 0.6 is 0 Å². The Kier molecular flexibility index (Phi) is 3.34. The van der Waals surface area contributed by atoms with Gasteiger partial charge in [0.2, 0.25) is 0 Å². The Morgan fingerprint density at radius 2 is 2.36 bits per heavy atom. The van der Waals surface area contributed by atoms with Crippen LogP contribution in [0.25, 0.3) is 0 Å². The Hall–Kier alpha value is -0.0800. The van der Waals surface area contributed by atoms with E-state index in [1.165, 1.54) is 19.4 Å². The lowest BCUT2D eigenvalue weighted by Gasteiger charge is -2.33.